The summed E-state index contributed by atoms with van der Waals surface area (Å²) in [5, 5.41) is 53.1. The van der Waals surface area contributed by atoms with E-state index in [-0.39, 0.29) is 55.2 Å². The van der Waals surface area contributed by atoms with Crippen LogP contribution in [0.1, 0.15) is 244 Å². The molecule has 456 valence electrons. The Morgan fingerprint density at radius 3 is 1.00 bits per heavy atom. The number of ketones is 1. The van der Waals surface area contributed by atoms with E-state index >= 15 is 0 Å². The number of aliphatic carboxylic acids is 2. The van der Waals surface area contributed by atoms with Crippen molar-refractivity contribution in [3.05, 3.63) is 0 Å². The number of carbonyl (C=O) groups is 4. The molecule has 3 atom stereocenters. The van der Waals surface area contributed by atoms with Gasteiger partial charge in [-0.25, -0.2) is 0 Å². The van der Waals surface area contributed by atoms with Gasteiger partial charge < -0.3 is 58.1 Å². The zero-order valence-electron chi connectivity index (χ0n) is 49.0. The Hall–Kier alpha value is -3.48. The second kappa shape index (κ2) is 49.2. The molecule has 0 aromatic carbocycles. The van der Waals surface area contributed by atoms with Crippen molar-refractivity contribution >= 4 is 35.9 Å². The van der Waals surface area contributed by atoms with E-state index in [1.54, 1.807) is 0 Å². The monoisotopic (exact) mass is 1120 g/mol. The lowest BCUT2D eigenvalue weighted by atomic mass is 9.93. The highest BCUT2D eigenvalue weighted by atomic mass is 16.4. The Bertz CT molecular complexity index is 1510. The van der Waals surface area contributed by atoms with Gasteiger partial charge in [0.1, 0.15) is 17.9 Å². The van der Waals surface area contributed by atoms with E-state index in [1.807, 2.05) is 0 Å². The molecule has 1 unspecified atom stereocenters. The van der Waals surface area contributed by atoms with Crippen LogP contribution >= 0.6 is 0 Å². The van der Waals surface area contributed by atoms with Gasteiger partial charge in [0.15, 0.2) is 0 Å². The van der Waals surface area contributed by atoms with Crippen molar-refractivity contribution < 1.29 is 48.6 Å². The first kappa shape index (κ1) is 71.6. The number of unbranched alkanes of at least 4 members (excludes halogenated alkanes) is 6. The molecule has 0 aliphatic heterocycles. The lowest BCUT2D eigenvalue weighted by Crippen LogP contribution is -2.62. The highest BCUT2D eigenvalue weighted by Crippen LogP contribution is 2.22. The molecule has 79 heavy (non-hydrogen) atoms. The first-order chi connectivity index (χ1) is 38.5. The molecule has 4 fully saturated rings. The summed E-state index contributed by atoms with van der Waals surface area (Å²) in [5.74, 6) is -2.20. The number of amides is 1. The fourth-order valence-corrected chi connectivity index (χ4v) is 12.2. The van der Waals surface area contributed by atoms with Crippen LogP contribution in [0.2, 0.25) is 0 Å². The molecule has 0 aromatic heterocycles. The normalized spacial score (nSPS) is 18.4. The number of hydrogen-bond acceptors (Lipinski definition) is 16. The molecule has 11 N–H and O–H groups in total. The number of rotatable bonds is 40. The third-order valence-corrected chi connectivity index (χ3v) is 16.6. The van der Waals surface area contributed by atoms with Crippen molar-refractivity contribution in [2.45, 2.75) is 293 Å². The largest absolute Gasteiger partial charge is 0.480 e. The molecule has 0 radical (unpaired) electrons. The maximum atomic E-state index is 14.8. The van der Waals surface area contributed by atoms with Crippen LogP contribution in [0.4, 0.5) is 0 Å². The number of carboxylic acids is 2. The molecule has 19 nitrogen and oxygen atoms in total. The van der Waals surface area contributed by atoms with E-state index in [9.17, 15) is 29.4 Å². The lowest BCUT2D eigenvalue weighted by Gasteiger charge is -2.36. The number of carboxylic acid groups (broad SMARTS) is 2. The Kier molecular flexibility index (Phi) is 44.6. The van der Waals surface area contributed by atoms with Crippen LogP contribution in [0.5, 0.6) is 0 Å². The maximum Gasteiger partial charge on any atom is 0.373 e. The summed E-state index contributed by atoms with van der Waals surface area (Å²) in [6.45, 7) is 6.56. The summed E-state index contributed by atoms with van der Waals surface area (Å²) in [7, 11) is 0. The minimum Gasteiger partial charge on any atom is -0.480 e. The lowest BCUT2D eigenvalue weighted by molar-refractivity contribution is -0.193. The summed E-state index contributed by atoms with van der Waals surface area (Å²) >= 11 is 0. The third-order valence-electron chi connectivity index (χ3n) is 16.6. The average molecular weight is 1120 g/mol. The summed E-state index contributed by atoms with van der Waals surface area (Å²) in [6, 6.07) is 0.632. The quantitative estimate of drug-likeness (QED) is 0.0162. The van der Waals surface area contributed by atoms with E-state index in [2.05, 4.69) is 47.9 Å². The Balaban J connectivity index is 0.00000339. The molecular formula is C60H111N9O10. The number of hydrogen-bond donors (Lipinski definition) is 11. The molecule has 4 aliphatic carbocycles. The average Bonchev–Trinajstić information content (AvgIpc) is 4.05. The fraction of sp³-hybridized carbons (Fsp3) is 0.900. The second-order valence-electron chi connectivity index (χ2n) is 23.1. The van der Waals surface area contributed by atoms with E-state index in [0.29, 0.717) is 38.0 Å². The van der Waals surface area contributed by atoms with Crippen molar-refractivity contribution in [3.63, 3.8) is 0 Å². The van der Waals surface area contributed by atoms with Gasteiger partial charge in [-0.2, -0.15) is 19.2 Å². The van der Waals surface area contributed by atoms with Crippen LogP contribution in [0.15, 0.2) is 0 Å². The van der Waals surface area contributed by atoms with Crippen molar-refractivity contribution in [3.8, 4) is 0 Å². The fourth-order valence-electron chi connectivity index (χ4n) is 12.2. The standard InChI is InChI=1S/C58H111N9O6.2CO2/c1-46(68)59-45-38-53(69)54(55(62-41-24-10-22-39-60-47-28-12-2-3-13-29-47)63-42-25-11-23-40-61-48-30-14-4-5-15-31-48)56(64-43-26-20-36-51(57(70)71)66-49-32-16-6-7-17-33-49)65-44-27-21-37-52(58(72)73)67-50-34-18-8-9-19-35-50;2*2-1-3/h47-52,54-56,60-67H,2-45H2,1H3,(H,59,68)(H,70,71)(H,72,73);;/t51-,52-,54?;;/m0../s1. The number of carbonyl (C=O) groups excluding carboxylic acids is 6. The van der Waals surface area contributed by atoms with Gasteiger partial charge in [0.05, 0.1) is 18.2 Å². The van der Waals surface area contributed by atoms with Gasteiger partial charge in [-0.1, -0.05) is 128 Å². The zero-order chi connectivity index (χ0) is 57.4. The van der Waals surface area contributed by atoms with Crippen molar-refractivity contribution in [2.24, 2.45) is 5.92 Å². The van der Waals surface area contributed by atoms with Crippen LogP contribution in [-0.2, 0) is 38.4 Å². The molecule has 0 bridgehead atoms. The number of nitrogens with one attached hydrogen (secondary N) is 9. The third kappa shape index (κ3) is 37.3. The summed E-state index contributed by atoms with van der Waals surface area (Å²) in [5.41, 5.74) is 0. The molecule has 0 saturated heterocycles. The molecule has 1 amide bonds. The predicted octanol–water partition coefficient (Wildman–Crippen LogP) is 7.38. The topological polar surface area (TPSA) is 285 Å². The molecule has 0 spiro atoms. The predicted molar refractivity (Wildman–Crippen MR) is 308 cm³/mol. The SMILES string of the molecule is CC(=O)NCCC(=O)C(C(NCCCCCNC1CCCCCC1)NCCCCCNC1CCCCCC1)C(NCCCC[C@H](NC1CCCCCC1)C(=O)O)NCCCC[C@H](NC1CCCCCC1)C(=O)O.O=C=O.O=C=O. The molecular weight excluding hydrogens is 1010 g/mol. The smallest absolute Gasteiger partial charge is 0.373 e. The van der Waals surface area contributed by atoms with E-state index < -0.39 is 36.1 Å². The van der Waals surface area contributed by atoms with Gasteiger partial charge in [0.2, 0.25) is 5.91 Å². The van der Waals surface area contributed by atoms with E-state index in [4.69, 9.17) is 19.2 Å². The van der Waals surface area contributed by atoms with Gasteiger partial charge in [-0.15, -0.1) is 0 Å². The zero-order valence-corrected chi connectivity index (χ0v) is 49.0. The molecule has 0 heterocycles. The van der Waals surface area contributed by atoms with Gasteiger partial charge in [0, 0.05) is 44.1 Å². The van der Waals surface area contributed by atoms with Gasteiger partial charge in [-0.3, -0.25) is 19.2 Å². The van der Waals surface area contributed by atoms with E-state index in [0.717, 1.165) is 142 Å². The van der Waals surface area contributed by atoms with Crippen LogP contribution in [0.25, 0.3) is 0 Å². The van der Waals surface area contributed by atoms with Crippen LogP contribution in [-0.4, -0.2) is 141 Å². The van der Waals surface area contributed by atoms with Crippen LogP contribution in [0.3, 0.4) is 0 Å². The van der Waals surface area contributed by atoms with Crippen molar-refractivity contribution in [1.29, 1.82) is 0 Å². The van der Waals surface area contributed by atoms with Gasteiger partial charge in [-0.05, 0) is 142 Å². The molecule has 4 saturated carbocycles. The Morgan fingerprint density at radius 2 is 0.696 bits per heavy atom. The van der Waals surface area contributed by atoms with E-state index in [1.165, 1.54) is 110 Å². The molecule has 19 heteroatoms. The second-order valence-corrected chi connectivity index (χ2v) is 23.1. The van der Waals surface area contributed by atoms with Crippen LogP contribution < -0.4 is 47.9 Å². The maximum absolute atomic E-state index is 14.8. The first-order valence-corrected chi connectivity index (χ1v) is 31.7. The highest BCUT2D eigenvalue weighted by molar-refractivity contribution is 5.83. The number of Topliss-reactive ketones (excluding diaryl/α,β-unsaturated/α-hetero) is 1. The van der Waals surface area contributed by atoms with Crippen molar-refractivity contribution in [2.75, 3.05) is 45.8 Å². The minimum absolute atomic E-state index is 0.0565. The van der Waals surface area contributed by atoms with Crippen molar-refractivity contribution in [1.82, 2.24) is 47.9 Å². The van der Waals surface area contributed by atoms with Crippen LogP contribution in [0, 0.1) is 5.92 Å². The Labute approximate surface area is 475 Å². The van der Waals surface area contributed by atoms with Gasteiger partial charge in [0.25, 0.3) is 0 Å². The molecule has 4 aliphatic rings. The summed E-state index contributed by atoms with van der Waals surface area (Å²) in [4.78, 5) is 84.2. The summed E-state index contributed by atoms with van der Waals surface area (Å²) in [6.07, 6.45) is 39.9. The minimum atomic E-state index is -0.789. The molecule has 4 rings (SSSR count). The van der Waals surface area contributed by atoms with Gasteiger partial charge >= 0.3 is 24.2 Å². The Morgan fingerprint density at radius 1 is 0.405 bits per heavy atom. The highest BCUT2D eigenvalue weighted by Gasteiger charge is 2.35. The molecule has 0 aromatic rings. The summed E-state index contributed by atoms with van der Waals surface area (Å²) < 4.78 is 0. The first-order valence-electron chi connectivity index (χ1n) is 31.7.